The molecule has 1 heterocycles. The molecule has 0 atom stereocenters. The molecule has 1 aromatic carbocycles. The minimum Gasteiger partial charge on any atom is -0.490 e. The molecule has 7 nitrogen and oxygen atoms in total. The van der Waals surface area contributed by atoms with Gasteiger partial charge < -0.3 is 24.4 Å². The number of hydrogen-bond acceptors (Lipinski definition) is 5. The number of carbonyl (C=O) groups is 2. The topological polar surface area (TPSA) is 77.1 Å². The molecule has 1 aliphatic heterocycles. The van der Waals surface area contributed by atoms with E-state index in [1.807, 2.05) is 25.1 Å². The lowest BCUT2D eigenvalue weighted by atomic mass is 10.1. The van der Waals surface area contributed by atoms with Crippen molar-refractivity contribution in [2.75, 3.05) is 40.0 Å². The van der Waals surface area contributed by atoms with E-state index >= 15 is 0 Å². The lowest BCUT2D eigenvalue weighted by Gasteiger charge is -2.32. The van der Waals surface area contributed by atoms with Crippen LogP contribution in [-0.2, 0) is 14.3 Å². The molecule has 1 aromatic rings. The Labute approximate surface area is 148 Å². The van der Waals surface area contributed by atoms with Gasteiger partial charge in [0, 0.05) is 26.2 Å². The van der Waals surface area contributed by atoms with Crippen LogP contribution >= 0.6 is 0 Å². The molecule has 0 aromatic heterocycles. The van der Waals surface area contributed by atoms with Gasteiger partial charge in [-0.05, 0) is 31.9 Å². The van der Waals surface area contributed by atoms with Gasteiger partial charge in [0.15, 0.2) is 18.1 Å². The fraction of sp³-hybridized carbons (Fsp3) is 0.556. The summed E-state index contributed by atoms with van der Waals surface area (Å²) in [5, 5.41) is 2.91. The molecule has 2 amide bonds. The van der Waals surface area contributed by atoms with E-state index in [0.717, 1.165) is 12.8 Å². The van der Waals surface area contributed by atoms with Crippen LogP contribution in [-0.4, -0.2) is 62.8 Å². The van der Waals surface area contributed by atoms with Gasteiger partial charge in [0.2, 0.25) is 5.91 Å². The fourth-order valence-corrected chi connectivity index (χ4v) is 2.75. The highest BCUT2D eigenvalue weighted by Crippen LogP contribution is 2.26. The van der Waals surface area contributed by atoms with Crippen molar-refractivity contribution < 1.29 is 23.8 Å². The molecule has 7 heteroatoms. The maximum atomic E-state index is 12.3. The van der Waals surface area contributed by atoms with Gasteiger partial charge >= 0.3 is 0 Å². The van der Waals surface area contributed by atoms with E-state index < -0.39 is 0 Å². The molecule has 1 saturated heterocycles. The number of rotatable bonds is 8. The summed E-state index contributed by atoms with van der Waals surface area (Å²) in [5.74, 6) is 1.02. The van der Waals surface area contributed by atoms with E-state index in [4.69, 9.17) is 14.2 Å². The second-order valence-electron chi connectivity index (χ2n) is 5.82. The minimum atomic E-state index is -0.122. The first-order valence-corrected chi connectivity index (χ1v) is 8.54. The highest BCUT2D eigenvalue weighted by atomic mass is 16.5. The second-order valence-corrected chi connectivity index (χ2v) is 5.82. The number of nitrogens with one attached hydrogen (secondary N) is 1. The molecule has 0 aliphatic carbocycles. The molecule has 0 bridgehead atoms. The first-order chi connectivity index (χ1) is 12.1. The van der Waals surface area contributed by atoms with Crippen LogP contribution in [0, 0.1) is 0 Å². The quantitative estimate of drug-likeness (QED) is 0.763. The highest BCUT2D eigenvalue weighted by molar-refractivity contribution is 5.78. The molecule has 1 N–H and O–H groups in total. The average Bonchev–Trinajstić information content (AvgIpc) is 2.62. The van der Waals surface area contributed by atoms with Crippen LogP contribution in [0.4, 0.5) is 0 Å². The number of ether oxygens (including phenoxy) is 3. The Balaban J connectivity index is 1.77. The van der Waals surface area contributed by atoms with Gasteiger partial charge in [-0.25, -0.2) is 0 Å². The molecule has 0 radical (unpaired) electrons. The Kier molecular flexibility index (Phi) is 7.53. The van der Waals surface area contributed by atoms with E-state index in [0.29, 0.717) is 31.2 Å². The van der Waals surface area contributed by atoms with Crippen molar-refractivity contribution in [3.05, 3.63) is 24.3 Å². The van der Waals surface area contributed by atoms with Crippen LogP contribution in [0.25, 0.3) is 0 Å². The summed E-state index contributed by atoms with van der Waals surface area (Å²) in [7, 11) is 1.49. The van der Waals surface area contributed by atoms with Crippen LogP contribution < -0.4 is 14.8 Å². The Morgan fingerprint density at radius 1 is 1.12 bits per heavy atom. The summed E-state index contributed by atoms with van der Waals surface area (Å²) in [6.45, 7) is 3.69. The zero-order valence-corrected chi connectivity index (χ0v) is 14.8. The predicted octanol–water partition coefficient (Wildman–Crippen LogP) is 1.22. The van der Waals surface area contributed by atoms with E-state index in [-0.39, 0.29) is 31.1 Å². The van der Waals surface area contributed by atoms with Crippen molar-refractivity contribution in [2.24, 2.45) is 0 Å². The molecular formula is C18H26N2O5. The highest BCUT2D eigenvalue weighted by Gasteiger charge is 2.24. The Bertz CT molecular complexity index is 570. The summed E-state index contributed by atoms with van der Waals surface area (Å²) in [6.07, 6.45) is 1.47. The minimum absolute atomic E-state index is 0.0230. The van der Waals surface area contributed by atoms with Crippen molar-refractivity contribution in [3.63, 3.8) is 0 Å². The van der Waals surface area contributed by atoms with E-state index in [9.17, 15) is 9.59 Å². The third kappa shape index (κ3) is 5.94. The van der Waals surface area contributed by atoms with Crippen LogP contribution in [0.15, 0.2) is 24.3 Å². The first kappa shape index (κ1) is 19.1. The zero-order chi connectivity index (χ0) is 18.1. The van der Waals surface area contributed by atoms with Crippen molar-refractivity contribution in [2.45, 2.75) is 25.8 Å². The number of carbonyl (C=O) groups excluding carboxylic acids is 2. The number of hydrogen-bond donors (Lipinski definition) is 1. The normalized spacial score (nSPS) is 14.9. The lowest BCUT2D eigenvalue weighted by Crippen LogP contribution is -2.48. The van der Waals surface area contributed by atoms with E-state index in [2.05, 4.69) is 5.32 Å². The van der Waals surface area contributed by atoms with Crippen molar-refractivity contribution >= 4 is 11.8 Å². The van der Waals surface area contributed by atoms with Crippen LogP contribution in [0.3, 0.4) is 0 Å². The average molecular weight is 350 g/mol. The molecule has 138 valence electrons. The van der Waals surface area contributed by atoms with Crippen molar-refractivity contribution in [3.8, 4) is 11.5 Å². The fourth-order valence-electron chi connectivity index (χ4n) is 2.75. The third-order valence-corrected chi connectivity index (χ3v) is 3.99. The number of amides is 2. The van der Waals surface area contributed by atoms with E-state index in [1.54, 1.807) is 11.0 Å². The lowest BCUT2D eigenvalue weighted by molar-refractivity contribution is -0.134. The maximum Gasteiger partial charge on any atom is 0.260 e. The molecule has 0 saturated carbocycles. The Hall–Kier alpha value is -2.28. The molecule has 2 rings (SSSR count). The van der Waals surface area contributed by atoms with Gasteiger partial charge in [-0.3, -0.25) is 9.59 Å². The second kappa shape index (κ2) is 9.88. The van der Waals surface area contributed by atoms with Crippen LogP contribution in [0.1, 0.15) is 19.8 Å². The summed E-state index contributed by atoms with van der Waals surface area (Å²) < 4.78 is 15.9. The zero-order valence-electron chi connectivity index (χ0n) is 14.8. The van der Waals surface area contributed by atoms with Crippen molar-refractivity contribution in [1.29, 1.82) is 0 Å². The summed E-state index contributed by atoms with van der Waals surface area (Å²) in [5.41, 5.74) is 0. The standard InChI is InChI=1S/C18H26N2O5/c1-3-24-15-6-4-5-7-16(15)25-13-18(22)20-10-8-14(9-11-20)19-17(21)12-23-2/h4-7,14H,3,8-13H2,1-2H3,(H,19,21). The Morgan fingerprint density at radius 3 is 2.36 bits per heavy atom. The third-order valence-electron chi connectivity index (χ3n) is 3.99. The largest absolute Gasteiger partial charge is 0.490 e. The Morgan fingerprint density at radius 2 is 1.76 bits per heavy atom. The SMILES string of the molecule is CCOc1ccccc1OCC(=O)N1CCC(NC(=O)COC)CC1. The van der Waals surface area contributed by atoms with Gasteiger partial charge in [-0.2, -0.15) is 0 Å². The monoisotopic (exact) mass is 350 g/mol. The number of piperidine rings is 1. The molecule has 0 spiro atoms. The van der Waals surface area contributed by atoms with Gasteiger partial charge in [0.1, 0.15) is 6.61 Å². The van der Waals surface area contributed by atoms with Gasteiger partial charge in [-0.1, -0.05) is 12.1 Å². The summed E-state index contributed by atoms with van der Waals surface area (Å²) >= 11 is 0. The number of likely N-dealkylation sites (tertiary alicyclic amines) is 1. The molecule has 25 heavy (non-hydrogen) atoms. The van der Waals surface area contributed by atoms with E-state index in [1.165, 1.54) is 7.11 Å². The van der Waals surface area contributed by atoms with Crippen LogP contribution in [0.2, 0.25) is 0 Å². The smallest absolute Gasteiger partial charge is 0.260 e. The number of benzene rings is 1. The summed E-state index contributed by atoms with van der Waals surface area (Å²) in [6, 6.07) is 7.40. The number of para-hydroxylation sites is 2. The molecular weight excluding hydrogens is 324 g/mol. The number of nitrogens with zero attached hydrogens (tertiary/aromatic N) is 1. The summed E-state index contributed by atoms with van der Waals surface area (Å²) in [4.78, 5) is 25.6. The number of methoxy groups -OCH3 is 1. The maximum absolute atomic E-state index is 12.3. The first-order valence-electron chi connectivity index (χ1n) is 8.54. The van der Waals surface area contributed by atoms with Crippen LogP contribution in [0.5, 0.6) is 11.5 Å². The van der Waals surface area contributed by atoms with Gasteiger partial charge in [0.25, 0.3) is 5.91 Å². The van der Waals surface area contributed by atoms with Gasteiger partial charge in [-0.15, -0.1) is 0 Å². The molecule has 1 aliphatic rings. The molecule has 1 fully saturated rings. The van der Waals surface area contributed by atoms with Gasteiger partial charge in [0.05, 0.1) is 6.61 Å². The predicted molar refractivity (Wildman–Crippen MR) is 92.7 cm³/mol. The van der Waals surface area contributed by atoms with Crippen molar-refractivity contribution in [1.82, 2.24) is 10.2 Å². The molecule has 0 unspecified atom stereocenters.